The molecular formula is C24H34N2O6. The zero-order chi connectivity index (χ0) is 22.8. The van der Waals surface area contributed by atoms with Crippen LogP contribution in [0.4, 0.5) is 0 Å². The zero-order valence-electron chi connectivity index (χ0n) is 18.6. The number of fused-ring (bicyclic) bond motifs is 1. The lowest BCUT2D eigenvalue weighted by Crippen LogP contribution is -2.48. The van der Waals surface area contributed by atoms with Gasteiger partial charge < -0.3 is 24.8 Å². The molecule has 0 atom stereocenters. The molecule has 1 saturated heterocycles. The maximum absolute atomic E-state index is 12.4. The van der Waals surface area contributed by atoms with Crippen molar-refractivity contribution < 1.29 is 29.0 Å². The van der Waals surface area contributed by atoms with Crippen molar-refractivity contribution in [1.82, 2.24) is 10.2 Å². The fourth-order valence-electron chi connectivity index (χ4n) is 4.52. The number of rotatable bonds is 4. The topological polar surface area (TPSA) is 105 Å². The molecule has 32 heavy (non-hydrogen) atoms. The second-order valence-corrected chi connectivity index (χ2v) is 8.81. The number of nitrogens with one attached hydrogen (secondary N) is 1. The SMILES string of the molecule is O=C(O)COCC(=O)N1CCC2(CCCCc3ccccc3OCCCC(=O)NC2)CC1. The first-order chi connectivity index (χ1) is 15.5. The number of ether oxygens (including phenoxy) is 2. The Hall–Kier alpha value is -2.61. The summed E-state index contributed by atoms with van der Waals surface area (Å²) in [7, 11) is 0. The van der Waals surface area contributed by atoms with E-state index in [1.165, 1.54) is 5.56 Å². The summed E-state index contributed by atoms with van der Waals surface area (Å²) in [4.78, 5) is 37.0. The van der Waals surface area contributed by atoms with E-state index in [0.717, 1.165) is 44.3 Å². The Labute approximate surface area is 189 Å². The minimum Gasteiger partial charge on any atom is -0.493 e. The van der Waals surface area contributed by atoms with Gasteiger partial charge in [-0.1, -0.05) is 24.6 Å². The molecule has 3 rings (SSSR count). The summed E-state index contributed by atoms with van der Waals surface area (Å²) in [6, 6.07) is 8.12. The number of aryl methyl sites for hydroxylation is 1. The van der Waals surface area contributed by atoms with Crippen molar-refractivity contribution in [3.8, 4) is 5.75 Å². The van der Waals surface area contributed by atoms with E-state index >= 15 is 0 Å². The van der Waals surface area contributed by atoms with Crippen LogP contribution in [0.15, 0.2) is 24.3 Å². The van der Waals surface area contributed by atoms with Crippen molar-refractivity contribution in [2.75, 3.05) is 39.5 Å². The van der Waals surface area contributed by atoms with Crippen molar-refractivity contribution in [2.24, 2.45) is 5.41 Å². The van der Waals surface area contributed by atoms with Gasteiger partial charge in [0.1, 0.15) is 19.0 Å². The van der Waals surface area contributed by atoms with Gasteiger partial charge in [-0.3, -0.25) is 9.59 Å². The van der Waals surface area contributed by atoms with E-state index in [-0.39, 0.29) is 23.8 Å². The standard InChI is InChI=1S/C24H34N2O6/c27-21-9-5-15-32-20-8-2-1-6-19(20)7-3-4-10-24(18-25-21)11-13-26(14-12-24)22(28)16-31-17-23(29)30/h1-2,6,8H,3-5,7,9-18H2,(H,25,27)(H,29,30). The summed E-state index contributed by atoms with van der Waals surface area (Å²) in [5.41, 5.74) is 1.19. The first-order valence-electron chi connectivity index (χ1n) is 11.5. The summed E-state index contributed by atoms with van der Waals surface area (Å²) >= 11 is 0. The lowest BCUT2D eigenvalue weighted by molar-refractivity contribution is -0.146. The molecule has 1 aromatic carbocycles. The molecule has 8 nitrogen and oxygen atoms in total. The first kappa shape index (κ1) is 24.0. The number of carboxylic acid groups (broad SMARTS) is 1. The normalized spacial score (nSPS) is 19.9. The van der Waals surface area contributed by atoms with Crippen LogP contribution in [0.25, 0.3) is 0 Å². The van der Waals surface area contributed by atoms with Crippen molar-refractivity contribution in [3.63, 3.8) is 0 Å². The maximum Gasteiger partial charge on any atom is 0.329 e. The van der Waals surface area contributed by atoms with Crippen molar-refractivity contribution in [2.45, 2.75) is 51.4 Å². The van der Waals surface area contributed by atoms with Crippen LogP contribution in [0.3, 0.4) is 0 Å². The third kappa shape index (κ3) is 7.22. The highest BCUT2D eigenvalue weighted by Crippen LogP contribution is 2.37. The van der Waals surface area contributed by atoms with Crippen molar-refractivity contribution in [1.29, 1.82) is 0 Å². The smallest absolute Gasteiger partial charge is 0.329 e. The lowest BCUT2D eigenvalue weighted by Gasteiger charge is -2.42. The molecule has 0 aromatic heterocycles. The molecule has 0 unspecified atom stereocenters. The summed E-state index contributed by atoms with van der Waals surface area (Å²) in [5, 5.41) is 11.8. The van der Waals surface area contributed by atoms with E-state index in [1.807, 2.05) is 18.2 Å². The number of likely N-dealkylation sites (tertiary alicyclic amines) is 1. The average Bonchev–Trinajstić information content (AvgIpc) is 2.79. The average molecular weight is 447 g/mol. The minimum atomic E-state index is -1.08. The Morgan fingerprint density at radius 2 is 1.84 bits per heavy atom. The molecule has 0 saturated carbocycles. The number of benzene rings is 1. The highest BCUT2D eigenvalue weighted by atomic mass is 16.5. The Morgan fingerprint density at radius 1 is 1.06 bits per heavy atom. The van der Waals surface area contributed by atoms with Gasteiger partial charge in [0.05, 0.1) is 6.61 Å². The zero-order valence-corrected chi connectivity index (χ0v) is 18.6. The van der Waals surface area contributed by atoms with E-state index in [1.54, 1.807) is 4.90 Å². The number of carboxylic acids is 1. The molecule has 176 valence electrons. The number of hydrogen-bond acceptors (Lipinski definition) is 5. The molecule has 0 aliphatic carbocycles. The predicted octanol–water partition coefficient (Wildman–Crippen LogP) is 2.40. The number of amides is 2. The summed E-state index contributed by atoms with van der Waals surface area (Å²) < 4.78 is 10.9. The van der Waals surface area contributed by atoms with Gasteiger partial charge >= 0.3 is 5.97 Å². The van der Waals surface area contributed by atoms with E-state index in [2.05, 4.69) is 11.4 Å². The van der Waals surface area contributed by atoms with Crippen LogP contribution < -0.4 is 10.1 Å². The summed E-state index contributed by atoms with van der Waals surface area (Å²) in [6.07, 6.45) is 6.78. The van der Waals surface area contributed by atoms with Gasteiger partial charge in [0.15, 0.2) is 0 Å². The Balaban J connectivity index is 1.58. The van der Waals surface area contributed by atoms with Crippen molar-refractivity contribution in [3.05, 3.63) is 29.8 Å². The fraction of sp³-hybridized carbons (Fsp3) is 0.625. The highest BCUT2D eigenvalue weighted by molar-refractivity contribution is 5.78. The quantitative estimate of drug-likeness (QED) is 0.736. The number of nitrogens with zero attached hydrogens (tertiary/aromatic N) is 1. The Morgan fingerprint density at radius 3 is 2.62 bits per heavy atom. The van der Waals surface area contributed by atoms with Crippen LogP contribution in [-0.4, -0.2) is 67.2 Å². The number of carbonyl (C=O) groups is 3. The number of aliphatic carboxylic acids is 1. The van der Waals surface area contributed by atoms with Crippen LogP contribution in [-0.2, 0) is 25.5 Å². The van der Waals surface area contributed by atoms with Gasteiger partial charge in [-0.2, -0.15) is 0 Å². The van der Waals surface area contributed by atoms with Gasteiger partial charge in [0.2, 0.25) is 11.8 Å². The van der Waals surface area contributed by atoms with E-state index in [0.29, 0.717) is 39.1 Å². The number of piperidine rings is 1. The molecule has 2 aliphatic rings. The third-order valence-electron chi connectivity index (χ3n) is 6.47. The number of para-hydroxylation sites is 1. The molecule has 2 heterocycles. The molecular weight excluding hydrogens is 412 g/mol. The van der Waals surface area contributed by atoms with E-state index in [4.69, 9.17) is 14.6 Å². The summed E-state index contributed by atoms with van der Waals surface area (Å²) in [5.74, 6) is -0.307. The van der Waals surface area contributed by atoms with Gasteiger partial charge in [-0.05, 0) is 55.6 Å². The molecule has 2 aliphatic heterocycles. The number of carbonyl (C=O) groups excluding carboxylic acids is 2. The lowest BCUT2D eigenvalue weighted by atomic mass is 9.74. The molecule has 0 radical (unpaired) electrons. The third-order valence-corrected chi connectivity index (χ3v) is 6.47. The second kappa shape index (κ2) is 11.9. The second-order valence-electron chi connectivity index (χ2n) is 8.81. The van der Waals surface area contributed by atoms with Crippen LogP contribution in [0.2, 0.25) is 0 Å². The number of hydrogen-bond donors (Lipinski definition) is 2. The molecule has 1 fully saturated rings. The van der Waals surface area contributed by atoms with Crippen LogP contribution in [0.1, 0.15) is 50.5 Å². The van der Waals surface area contributed by atoms with Gasteiger partial charge in [0, 0.05) is 26.1 Å². The van der Waals surface area contributed by atoms with Crippen molar-refractivity contribution >= 4 is 17.8 Å². The first-order valence-corrected chi connectivity index (χ1v) is 11.5. The van der Waals surface area contributed by atoms with Gasteiger partial charge in [-0.15, -0.1) is 0 Å². The largest absolute Gasteiger partial charge is 0.493 e. The minimum absolute atomic E-state index is 0.0193. The van der Waals surface area contributed by atoms with Crippen LogP contribution in [0.5, 0.6) is 5.75 Å². The molecule has 2 N–H and O–H groups in total. The molecule has 1 spiro atoms. The van der Waals surface area contributed by atoms with Crippen LogP contribution in [0, 0.1) is 5.41 Å². The fourth-order valence-corrected chi connectivity index (χ4v) is 4.52. The Kier molecular flexibility index (Phi) is 8.90. The predicted molar refractivity (Wildman–Crippen MR) is 118 cm³/mol. The molecule has 8 heteroatoms. The van der Waals surface area contributed by atoms with E-state index < -0.39 is 12.6 Å². The maximum atomic E-state index is 12.4. The Bertz CT molecular complexity index is 788. The molecule has 2 amide bonds. The molecule has 1 aromatic rings. The van der Waals surface area contributed by atoms with E-state index in [9.17, 15) is 14.4 Å². The monoisotopic (exact) mass is 446 g/mol. The highest BCUT2D eigenvalue weighted by Gasteiger charge is 2.35. The molecule has 0 bridgehead atoms. The van der Waals surface area contributed by atoms with Crippen LogP contribution >= 0.6 is 0 Å². The van der Waals surface area contributed by atoms with Gasteiger partial charge in [-0.25, -0.2) is 4.79 Å². The summed E-state index contributed by atoms with van der Waals surface area (Å²) in [6.45, 7) is 1.67. The van der Waals surface area contributed by atoms with Gasteiger partial charge in [0.25, 0.3) is 0 Å².